The lowest BCUT2D eigenvalue weighted by molar-refractivity contribution is 0.0416. The fraction of sp³-hybridized carbons (Fsp3) is 0.595. The van der Waals surface area contributed by atoms with Crippen LogP contribution in [0.25, 0.3) is 0 Å². The van der Waals surface area contributed by atoms with E-state index in [0.717, 1.165) is 51.0 Å². The molecule has 0 radical (unpaired) electrons. The number of esters is 2. The molecule has 328 valence electrons. The van der Waals surface area contributed by atoms with E-state index in [1.165, 1.54) is 12.1 Å². The zero-order chi connectivity index (χ0) is 43.6. The lowest BCUT2D eigenvalue weighted by atomic mass is 10.0. The molecule has 0 fully saturated rings. The van der Waals surface area contributed by atoms with Gasteiger partial charge in [-0.2, -0.15) is 15.0 Å². The van der Waals surface area contributed by atoms with Crippen molar-refractivity contribution in [2.24, 2.45) is 11.8 Å². The number of hydrogen-bond donors (Lipinski definition) is 5. The molecule has 5 N–H and O–H groups in total. The summed E-state index contributed by atoms with van der Waals surface area (Å²) < 4.78 is 24.5. The number of nitrogens with one attached hydrogen (secondary N) is 3. The Kier molecular flexibility index (Phi) is 20.0. The van der Waals surface area contributed by atoms with E-state index in [-0.39, 0.29) is 41.7 Å². The van der Waals surface area contributed by atoms with E-state index in [9.17, 15) is 14.7 Å². The molecule has 2 aromatic carbocycles. The van der Waals surface area contributed by atoms with Gasteiger partial charge in [0.15, 0.2) is 16.6 Å². The summed E-state index contributed by atoms with van der Waals surface area (Å²) in [4.78, 5) is 39.5. The van der Waals surface area contributed by atoms with E-state index >= 15 is 0 Å². The standard InChI is InChI=1S/C42H70N6O8Si3/c1-11-14-17-31(12-2)30-54-39(52)36-24-23-35(28-37(36)50)45-42-47-40(43-25-16-27-59(10,55-57(4,5)6)56-58(7,8)9)46-41(48-42)44-34-21-19-33(20-22-34)38(51)53-29-32(13-3)18-15-26-49/h19-24,28,31-32,49-50H,11-18,25-27,29-30H2,1-10H3,(H3,43,44,45,46,47,48). The first-order valence-corrected chi connectivity index (χ1v) is 30.5. The van der Waals surface area contributed by atoms with Crippen LogP contribution in [0.15, 0.2) is 42.5 Å². The topological polar surface area (TPSA) is 186 Å². The smallest absolute Gasteiger partial charge is 0.341 e. The third-order valence-electron chi connectivity index (χ3n) is 9.41. The van der Waals surface area contributed by atoms with Gasteiger partial charge in [0.1, 0.15) is 11.3 Å². The number of aliphatic hydroxyl groups excluding tert-OH is 1. The molecule has 0 spiro atoms. The minimum Gasteiger partial charge on any atom is -0.507 e. The van der Waals surface area contributed by atoms with Crippen LogP contribution >= 0.6 is 0 Å². The Balaban J connectivity index is 1.80. The number of carbonyl (C=O) groups is 2. The summed E-state index contributed by atoms with van der Waals surface area (Å²) in [6, 6.07) is 12.3. The normalized spacial score (nSPS) is 13.1. The van der Waals surface area contributed by atoms with Gasteiger partial charge in [-0.15, -0.1) is 0 Å². The summed E-state index contributed by atoms with van der Waals surface area (Å²) >= 11 is 0. The quantitative estimate of drug-likeness (QED) is 0.0277. The number of ether oxygens (including phenoxy) is 2. The van der Waals surface area contributed by atoms with Crippen molar-refractivity contribution in [3.8, 4) is 5.75 Å². The summed E-state index contributed by atoms with van der Waals surface area (Å²) in [5.74, 6) is -0.00249. The number of phenols is 1. The lowest BCUT2D eigenvalue weighted by Gasteiger charge is -2.38. The second-order valence-corrected chi connectivity index (χ2v) is 30.1. The van der Waals surface area contributed by atoms with Crippen molar-refractivity contribution in [3.63, 3.8) is 0 Å². The highest BCUT2D eigenvalue weighted by Crippen LogP contribution is 2.28. The van der Waals surface area contributed by atoms with Gasteiger partial charge >= 0.3 is 20.5 Å². The number of phenolic OH excluding ortho intramolecular Hbond substituents is 1. The molecule has 0 aliphatic heterocycles. The van der Waals surface area contributed by atoms with Gasteiger partial charge in [0.05, 0.1) is 18.8 Å². The number of carbonyl (C=O) groups excluding carboxylic acids is 2. The predicted molar refractivity (Wildman–Crippen MR) is 243 cm³/mol. The molecule has 59 heavy (non-hydrogen) atoms. The number of nitrogens with zero attached hydrogens (tertiary/aromatic N) is 3. The molecule has 2 atom stereocenters. The molecule has 2 unspecified atom stereocenters. The van der Waals surface area contributed by atoms with Crippen molar-refractivity contribution in [3.05, 3.63) is 53.6 Å². The summed E-state index contributed by atoms with van der Waals surface area (Å²) in [6.07, 6.45) is 7.16. The first-order valence-electron chi connectivity index (χ1n) is 21.2. The van der Waals surface area contributed by atoms with Crippen LogP contribution in [-0.2, 0) is 17.7 Å². The second-order valence-electron chi connectivity index (χ2n) is 17.2. The van der Waals surface area contributed by atoms with Crippen LogP contribution in [-0.4, -0.2) is 88.7 Å². The largest absolute Gasteiger partial charge is 0.507 e. The number of aliphatic hydroxyl groups is 1. The fourth-order valence-corrected chi connectivity index (χ4v) is 19.1. The molecule has 0 bridgehead atoms. The zero-order valence-corrected chi connectivity index (χ0v) is 40.1. The highest BCUT2D eigenvalue weighted by atomic mass is 28.5. The van der Waals surface area contributed by atoms with E-state index in [1.54, 1.807) is 30.3 Å². The molecule has 0 aliphatic rings. The molecular formula is C42H70N6O8Si3. The van der Waals surface area contributed by atoms with Crippen LogP contribution in [0.1, 0.15) is 92.9 Å². The monoisotopic (exact) mass is 870 g/mol. The number of unbranched alkanes of at least 4 members (excludes halogenated alkanes) is 1. The maximum absolute atomic E-state index is 12.9. The number of aromatic hydroxyl groups is 1. The minimum absolute atomic E-state index is 0.0761. The molecule has 3 aromatic rings. The van der Waals surface area contributed by atoms with Gasteiger partial charge in [-0.05, 0) is 126 Å². The van der Waals surface area contributed by atoms with Crippen LogP contribution in [0.2, 0.25) is 51.9 Å². The number of rotatable bonds is 27. The maximum Gasteiger partial charge on any atom is 0.341 e. The Labute approximate surface area is 355 Å². The summed E-state index contributed by atoms with van der Waals surface area (Å²) in [6.45, 7) is 22.9. The lowest BCUT2D eigenvalue weighted by Crippen LogP contribution is -2.52. The molecule has 14 nitrogen and oxygen atoms in total. The van der Waals surface area contributed by atoms with Gasteiger partial charge in [0.25, 0.3) is 0 Å². The third kappa shape index (κ3) is 18.5. The fourth-order valence-electron chi connectivity index (χ4n) is 6.56. The molecule has 0 saturated carbocycles. The highest BCUT2D eigenvalue weighted by Gasteiger charge is 2.39. The van der Waals surface area contributed by atoms with Gasteiger partial charge in [-0.25, -0.2) is 9.59 Å². The van der Waals surface area contributed by atoms with E-state index in [0.29, 0.717) is 49.1 Å². The van der Waals surface area contributed by atoms with Gasteiger partial charge < -0.3 is 43.9 Å². The molecule has 1 heterocycles. The number of hydrogen-bond acceptors (Lipinski definition) is 14. The molecule has 1 aromatic heterocycles. The molecule has 0 amide bonds. The predicted octanol–water partition coefficient (Wildman–Crippen LogP) is 9.97. The maximum atomic E-state index is 12.9. The Bertz CT molecular complexity index is 1740. The molecule has 0 aliphatic carbocycles. The van der Waals surface area contributed by atoms with E-state index in [2.05, 4.69) is 90.6 Å². The van der Waals surface area contributed by atoms with E-state index < -0.39 is 37.1 Å². The molecule has 3 rings (SSSR count). The van der Waals surface area contributed by atoms with E-state index in [1.807, 2.05) is 6.92 Å². The van der Waals surface area contributed by atoms with Crippen molar-refractivity contribution in [2.45, 2.75) is 124 Å². The second kappa shape index (κ2) is 23.8. The molecule has 0 saturated heterocycles. The van der Waals surface area contributed by atoms with Crippen LogP contribution in [0, 0.1) is 11.8 Å². The van der Waals surface area contributed by atoms with E-state index in [4.69, 9.17) is 22.8 Å². The van der Waals surface area contributed by atoms with Crippen molar-refractivity contribution in [1.82, 2.24) is 15.0 Å². The summed E-state index contributed by atoms with van der Waals surface area (Å²) in [7, 11) is -6.14. The van der Waals surface area contributed by atoms with Crippen molar-refractivity contribution < 1.29 is 37.5 Å². The molecule has 17 heteroatoms. The molecular weight excluding hydrogens is 801 g/mol. The van der Waals surface area contributed by atoms with Gasteiger partial charge in [0.2, 0.25) is 17.8 Å². The highest BCUT2D eigenvalue weighted by molar-refractivity contribution is 6.87. The average molecular weight is 871 g/mol. The number of benzene rings is 2. The Morgan fingerprint density at radius 2 is 1.22 bits per heavy atom. The SMILES string of the molecule is CCCCC(CC)COC(=O)c1ccc(Nc2nc(NCCC[Si](C)(O[Si](C)(C)C)O[Si](C)(C)C)nc(Nc3ccc(C(=O)OCC(CC)CCCO)cc3)n2)cc1O. The van der Waals surface area contributed by atoms with Gasteiger partial charge in [-0.3, -0.25) is 0 Å². The summed E-state index contributed by atoms with van der Waals surface area (Å²) in [5.41, 5.74) is 1.57. The minimum atomic E-state index is -2.44. The third-order valence-corrected chi connectivity index (χ3v) is 19.0. The number of aromatic nitrogens is 3. The average Bonchev–Trinajstić information content (AvgIpc) is 3.15. The van der Waals surface area contributed by atoms with Crippen LogP contribution in [0.3, 0.4) is 0 Å². The van der Waals surface area contributed by atoms with Crippen molar-refractivity contribution in [2.75, 3.05) is 42.3 Å². The van der Waals surface area contributed by atoms with Gasteiger partial charge in [0, 0.05) is 30.6 Å². The first kappa shape index (κ1) is 49.5. The summed E-state index contributed by atoms with van der Waals surface area (Å²) in [5, 5.41) is 29.7. The first-order chi connectivity index (χ1) is 27.9. The Morgan fingerprint density at radius 3 is 1.75 bits per heavy atom. The number of anilines is 5. The van der Waals surface area contributed by atoms with Crippen LogP contribution in [0.5, 0.6) is 5.75 Å². The van der Waals surface area contributed by atoms with Crippen molar-refractivity contribution >= 4 is 66.4 Å². The van der Waals surface area contributed by atoms with Crippen LogP contribution in [0.4, 0.5) is 29.2 Å². The Morgan fingerprint density at radius 1 is 0.695 bits per heavy atom. The zero-order valence-electron chi connectivity index (χ0n) is 37.1. The van der Waals surface area contributed by atoms with Gasteiger partial charge in [-0.1, -0.05) is 46.5 Å². The van der Waals surface area contributed by atoms with Crippen molar-refractivity contribution in [1.29, 1.82) is 0 Å². The van der Waals surface area contributed by atoms with Crippen LogP contribution < -0.4 is 16.0 Å². The Hall–Kier alpha value is -3.88.